The SMILES string of the molecule is CC(C)(C)C(=O)N1CCC[C@H](c2nccnc2-c2cncc(C(=O)O)c2)C1. The average Bonchev–Trinajstić information content (AvgIpc) is 2.67. The third-order valence-corrected chi connectivity index (χ3v) is 4.72. The van der Waals surface area contributed by atoms with E-state index in [1.807, 2.05) is 25.7 Å². The van der Waals surface area contributed by atoms with Crippen LogP contribution in [0.5, 0.6) is 0 Å². The topological polar surface area (TPSA) is 96.3 Å². The predicted molar refractivity (Wildman–Crippen MR) is 100 cm³/mol. The molecule has 1 N–H and O–H groups in total. The molecule has 1 fully saturated rings. The lowest BCUT2D eigenvalue weighted by Gasteiger charge is -2.36. The molecule has 1 amide bonds. The minimum atomic E-state index is -1.03. The van der Waals surface area contributed by atoms with Crippen molar-refractivity contribution in [2.24, 2.45) is 5.41 Å². The molecular weight excluding hydrogens is 344 g/mol. The molecule has 7 heteroatoms. The number of pyridine rings is 1. The molecule has 0 aliphatic carbocycles. The highest BCUT2D eigenvalue weighted by molar-refractivity contribution is 5.88. The van der Waals surface area contributed by atoms with Gasteiger partial charge in [0.15, 0.2) is 0 Å². The van der Waals surface area contributed by atoms with Crippen LogP contribution in [0.2, 0.25) is 0 Å². The van der Waals surface area contributed by atoms with E-state index in [-0.39, 0.29) is 17.4 Å². The fourth-order valence-corrected chi connectivity index (χ4v) is 3.42. The third-order valence-electron chi connectivity index (χ3n) is 4.72. The van der Waals surface area contributed by atoms with Gasteiger partial charge in [-0.2, -0.15) is 0 Å². The van der Waals surface area contributed by atoms with Gasteiger partial charge in [0.05, 0.1) is 17.0 Å². The van der Waals surface area contributed by atoms with E-state index in [1.54, 1.807) is 24.7 Å². The van der Waals surface area contributed by atoms with Crippen molar-refractivity contribution >= 4 is 11.9 Å². The van der Waals surface area contributed by atoms with Crippen LogP contribution in [-0.2, 0) is 4.79 Å². The zero-order valence-electron chi connectivity index (χ0n) is 15.8. The van der Waals surface area contributed by atoms with Crippen LogP contribution >= 0.6 is 0 Å². The van der Waals surface area contributed by atoms with Gasteiger partial charge in [-0.15, -0.1) is 0 Å². The van der Waals surface area contributed by atoms with Gasteiger partial charge in [-0.05, 0) is 18.9 Å². The maximum atomic E-state index is 12.7. The first-order valence-corrected chi connectivity index (χ1v) is 9.06. The number of amides is 1. The smallest absolute Gasteiger partial charge is 0.337 e. The molecule has 0 spiro atoms. The van der Waals surface area contributed by atoms with Crippen molar-refractivity contribution < 1.29 is 14.7 Å². The van der Waals surface area contributed by atoms with Crippen molar-refractivity contribution in [1.29, 1.82) is 0 Å². The summed E-state index contributed by atoms with van der Waals surface area (Å²) in [6, 6.07) is 1.56. The molecule has 1 aliphatic heterocycles. The van der Waals surface area contributed by atoms with Crippen molar-refractivity contribution in [2.75, 3.05) is 13.1 Å². The van der Waals surface area contributed by atoms with Gasteiger partial charge in [-0.3, -0.25) is 19.7 Å². The van der Waals surface area contributed by atoms with Gasteiger partial charge in [-0.25, -0.2) is 4.79 Å². The van der Waals surface area contributed by atoms with Crippen LogP contribution in [0.15, 0.2) is 30.9 Å². The largest absolute Gasteiger partial charge is 0.478 e. The fraction of sp³-hybridized carbons (Fsp3) is 0.450. The van der Waals surface area contributed by atoms with E-state index in [4.69, 9.17) is 0 Å². The molecule has 3 rings (SSSR count). The van der Waals surface area contributed by atoms with Crippen LogP contribution in [0.25, 0.3) is 11.3 Å². The number of rotatable bonds is 3. The molecule has 0 aromatic carbocycles. The summed E-state index contributed by atoms with van der Waals surface area (Å²) in [4.78, 5) is 38.9. The number of hydrogen-bond donors (Lipinski definition) is 1. The van der Waals surface area contributed by atoms with Crippen molar-refractivity contribution in [3.05, 3.63) is 42.1 Å². The van der Waals surface area contributed by atoms with Gasteiger partial charge >= 0.3 is 5.97 Å². The minimum Gasteiger partial charge on any atom is -0.478 e. The molecule has 7 nitrogen and oxygen atoms in total. The lowest BCUT2D eigenvalue weighted by molar-refractivity contribution is -0.140. The Hall–Kier alpha value is -2.83. The Morgan fingerprint density at radius 3 is 2.63 bits per heavy atom. The number of aromatic nitrogens is 3. The van der Waals surface area contributed by atoms with E-state index in [9.17, 15) is 14.7 Å². The summed E-state index contributed by atoms with van der Waals surface area (Å²) in [5, 5.41) is 9.23. The molecule has 0 unspecified atom stereocenters. The maximum absolute atomic E-state index is 12.7. The summed E-state index contributed by atoms with van der Waals surface area (Å²) in [6.45, 7) is 7.12. The number of carboxylic acid groups (broad SMARTS) is 1. The second kappa shape index (κ2) is 7.42. The van der Waals surface area contributed by atoms with Crippen LogP contribution in [0.4, 0.5) is 0 Å². The number of carbonyl (C=O) groups is 2. The van der Waals surface area contributed by atoms with Crippen LogP contribution in [0, 0.1) is 5.41 Å². The van der Waals surface area contributed by atoms with E-state index in [0.717, 1.165) is 25.1 Å². The fourth-order valence-electron chi connectivity index (χ4n) is 3.42. The van der Waals surface area contributed by atoms with Crippen molar-refractivity contribution in [3.63, 3.8) is 0 Å². The number of carbonyl (C=O) groups excluding carboxylic acids is 1. The first-order chi connectivity index (χ1) is 12.8. The second-order valence-corrected chi connectivity index (χ2v) is 7.90. The molecule has 2 aromatic heterocycles. The van der Waals surface area contributed by atoms with Crippen molar-refractivity contribution in [2.45, 2.75) is 39.5 Å². The minimum absolute atomic E-state index is 0.0576. The maximum Gasteiger partial charge on any atom is 0.337 e. The molecule has 1 saturated heterocycles. The summed E-state index contributed by atoms with van der Waals surface area (Å²) in [5.41, 5.74) is 1.72. The highest BCUT2D eigenvalue weighted by atomic mass is 16.4. The Labute approximate surface area is 158 Å². The highest BCUT2D eigenvalue weighted by Gasteiger charge is 2.33. The van der Waals surface area contributed by atoms with Crippen molar-refractivity contribution in [3.8, 4) is 11.3 Å². The lowest BCUT2D eigenvalue weighted by Crippen LogP contribution is -2.44. The van der Waals surface area contributed by atoms with E-state index in [0.29, 0.717) is 17.8 Å². The molecule has 2 aromatic rings. The van der Waals surface area contributed by atoms with E-state index in [1.165, 1.54) is 6.20 Å². The zero-order valence-corrected chi connectivity index (χ0v) is 15.8. The molecule has 1 aliphatic rings. The van der Waals surface area contributed by atoms with Crippen molar-refractivity contribution in [1.82, 2.24) is 19.9 Å². The Morgan fingerprint density at radius 2 is 1.93 bits per heavy atom. The Kier molecular flexibility index (Phi) is 5.21. The molecule has 1 atom stereocenters. The number of aromatic carboxylic acids is 1. The van der Waals surface area contributed by atoms with E-state index >= 15 is 0 Å². The quantitative estimate of drug-likeness (QED) is 0.895. The number of likely N-dealkylation sites (tertiary alicyclic amines) is 1. The van der Waals surface area contributed by atoms with Crippen LogP contribution in [-0.4, -0.2) is 49.9 Å². The van der Waals surface area contributed by atoms with Gasteiger partial charge in [0.2, 0.25) is 5.91 Å². The number of carboxylic acids is 1. The number of hydrogen-bond acceptors (Lipinski definition) is 5. The Balaban J connectivity index is 1.93. The summed E-state index contributed by atoms with van der Waals surface area (Å²) < 4.78 is 0. The van der Waals surface area contributed by atoms with Crippen LogP contribution < -0.4 is 0 Å². The van der Waals surface area contributed by atoms with E-state index < -0.39 is 11.4 Å². The molecule has 0 bridgehead atoms. The Bertz CT molecular complexity index is 860. The number of nitrogens with zero attached hydrogens (tertiary/aromatic N) is 4. The highest BCUT2D eigenvalue weighted by Crippen LogP contribution is 2.33. The first kappa shape index (κ1) is 18.9. The van der Waals surface area contributed by atoms with E-state index in [2.05, 4.69) is 15.0 Å². The average molecular weight is 368 g/mol. The standard InChI is InChI=1S/C20H24N4O3/c1-20(2,3)19(27)24-8-4-5-13(12-24)16-17(23-7-6-22-16)14-9-15(18(25)26)11-21-10-14/h6-7,9-11,13H,4-5,8,12H2,1-3H3,(H,25,26)/t13-/m0/s1. The lowest BCUT2D eigenvalue weighted by atomic mass is 9.88. The summed E-state index contributed by atoms with van der Waals surface area (Å²) >= 11 is 0. The first-order valence-electron chi connectivity index (χ1n) is 9.06. The molecule has 0 saturated carbocycles. The second-order valence-electron chi connectivity index (χ2n) is 7.90. The van der Waals surface area contributed by atoms with Crippen LogP contribution in [0.3, 0.4) is 0 Å². The molecule has 27 heavy (non-hydrogen) atoms. The molecule has 142 valence electrons. The summed E-state index contributed by atoms with van der Waals surface area (Å²) in [6.07, 6.45) is 7.94. The molecule has 0 radical (unpaired) electrons. The van der Waals surface area contributed by atoms with Crippen LogP contribution in [0.1, 0.15) is 55.6 Å². The monoisotopic (exact) mass is 368 g/mol. The normalized spacial score (nSPS) is 17.6. The van der Waals surface area contributed by atoms with Gasteiger partial charge in [0.25, 0.3) is 0 Å². The van der Waals surface area contributed by atoms with Gasteiger partial charge in [0, 0.05) is 54.8 Å². The number of piperidine rings is 1. The predicted octanol–water partition coefficient (Wildman–Crippen LogP) is 2.99. The molecule has 3 heterocycles. The Morgan fingerprint density at radius 1 is 1.19 bits per heavy atom. The van der Waals surface area contributed by atoms with Gasteiger partial charge < -0.3 is 10.0 Å². The third kappa shape index (κ3) is 4.13. The summed E-state index contributed by atoms with van der Waals surface area (Å²) in [5.74, 6) is -0.844. The van der Waals surface area contributed by atoms with Gasteiger partial charge in [-0.1, -0.05) is 20.8 Å². The zero-order chi connectivity index (χ0) is 19.6. The molecular formula is C20H24N4O3. The summed E-state index contributed by atoms with van der Waals surface area (Å²) in [7, 11) is 0. The van der Waals surface area contributed by atoms with Gasteiger partial charge in [0.1, 0.15) is 0 Å².